The summed E-state index contributed by atoms with van der Waals surface area (Å²) in [6, 6.07) is 15.2. The highest BCUT2D eigenvalue weighted by molar-refractivity contribution is 5.38. The number of ether oxygens (including phenoxy) is 1. The molecule has 33 heavy (non-hydrogen) atoms. The minimum atomic E-state index is -0.165. The number of allylic oxidation sites excluding steroid dienone is 1. The number of rotatable bonds is 8. The Balaban J connectivity index is 1.32. The van der Waals surface area contributed by atoms with Gasteiger partial charge in [-0.1, -0.05) is 35.5 Å². The molecule has 6 heteroatoms. The summed E-state index contributed by atoms with van der Waals surface area (Å²) in [4.78, 5) is 6.73. The van der Waals surface area contributed by atoms with E-state index in [4.69, 9.17) is 9.26 Å². The van der Waals surface area contributed by atoms with Gasteiger partial charge in [-0.05, 0) is 93.1 Å². The minimum Gasteiger partial charge on any atom is -0.497 e. The lowest BCUT2D eigenvalue weighted by Crippen LogP contribution is -2.30. The number of hydrogen-bond donors (Lipinski definition) is 0. The molecule has 3 aromatic rings. The SMILES string of the molecule is COc1ccc(Cc2noc(/C=C/C3CCC(C(c4cccc(F)c4)N(C)C)CC3)n2)cc1. The molecule has 1 aliphatic carbocycles. The first kappa shape index (κ1) is 23.2. The molecule has 1 heterocycles. The van der Waals surface area contributed by atoms with Gasteiger partial charge in [0, 0.05) is 12.5 Å². The van der Waals surface area contributed by atoms with Crippen LogP contribution in [0.15, 0.2) is 59.1 Å². The Bertz CT molecular complexity index is 1050. The summed E-state index contributed by atoms with van der Waals surface area (Å²) >= 11 is 0. The van der Waals surface area contributed by atoms with Gasteiger partial charge in [0.15, 0.2) is 5.82 Å². The monoisotopic (exact) mass is 449 g/mol. The van der Waals surface area contributed by atoms with E-state index in [1.807, 2.05) is 42.5 Å². The molecule has 4 rings (SSSR count). The molecule has 2 aromatic carbocycles. The minimum absolute atomic E-state index is 0.165. The zero-order valence-corrected chi connectivity index (χ0v) is 19.6. The maximum absolute atomic E-state index is 13.8. The topological polar surface area (TPSA) is 51.4 Å². The summed E-state index contributed by atoms with van der Waals surface area (Å²) in [5, 5.41) is 4.11. The Labute approximate surface area is 195 Å². The van der Waals surface area contributed by atoms with Crippen molar-refractivity contribution < 1.29 is 13.7 Å². The van der Waals surface area contributed by atoms with Crippen LogP contribution in [0.25, 0.3) is 6.08 Å². The van der Waals surface area contributed by atoms with E-state index in [0.717, 1.165) is 42.6 Å². The number of nitrogens with zero attached hydrogens (tertiary/aromatic N) is 3. The summed E-state index contributed by atoms with van der Waals surface area (Å²) < 4.78 is 24.4. The third kappa shape index (κ3) is 6.08. The van der Waals surface area contributed by atoms with E-state index in [1.54, 1.807) is 13.2 Å². The Kier molecular flexibility index (Phi) is 7.55. The highest BCUT2D eigenvalue weighted by Gasteiger charge is 2.29. The second-order valence-electron chi connectivity index (χ2n) is 9.07. The molecule has 0 radical (unpaired) electrons. The first-order chi connectivity index (χ1) is 16.0. The van der Waals surface area contributed by atoms with Crippen molar-refractivity contribution in [1.29, 1.82) is 0 Å². The molecular formula is C27H32FN3O2. The highest BCUT2D eigenvalue weighted by Crippen LogP contribution is 2.40. The van der Waals surface area contributed by atoms with Gasteiger partial charge in [-0.15, -0.1) is 0 Å². The van der Waals surface area contributed by atoms with Gasteiger partial charge in [-0.2, -0.15) is 4.98 Å². The van der Waals surface area contributed by atoms with Gasteiger partial charge < -0.3 is 14.2 Å². The standard InChI is InChI=1S/C27H32FN3O2/c1-31(2)27(22-5-4-6-23(28)18-22)21-12-7-19(8-13-21)11-16-26-29-25(30-33-26)17-20-9-14-24(32-3)15-10-20/h4-6,9-11,14-16,18-19,21,27H,7-8,12-13,17H2,1-3H3/b16-11+. The summed E-state index contributed by atoms with van der Waals surface area (Å²) in [5.41, 5.74) is 2.17. The smallest absolute Gasteiger partial charge is 0.250 e. The Morgan fingerprint density at radius 2 is 1.88 bits per heavy atom. The molecule has 1 aromatic heterocycles. The molecular weight excluding hydrogens is 417 g/mol. The van der Waals surface area contributed by atoms with Gasteiger partial charge in [0.05, 0.1) is 7.11 Å². The van der Waals surface area contributed by atoms with Gasteiger partial charge in [0.2, 0.25) is 5.89 Å². The Morgan fingerprint density at radius 3 is 2.55 bits per heavy atom. The molecule has 0 aliphatic heterocycles. The lowest BCUT2D eigenvalue weighted by molar-refractivity contribution is 0.159. The molecule has 1 unspecified atom stereocenters. The fraction of sp³-hybridized carbons (Fsp3) is 0.407. The zero-order valence-electron chi connectivity index (χ0n) is 19.6. The van der Waals surface area contributed by atoms with E-state index in [1.165, 1.54) is 6.07 Å². The van der Waals surface area contributed by atoms with Gasteiger partial charge in [-0.3, -0.25) is 0 Å². The average molecular weight is 450 g/mol. The van der Waals surface area contributed by atoms with E-state index in [9.17, 15) is 4.39 Å². The molecule has 0 amide bonds. The molecule has 1 atom stereocenters. The van der Waals surface area contributed by atoms with Crippen molar-refractivity contribution in [2.24, 2.45) is 11.8 Å². The predicted molar refractivity (Wildman–Crippen MR) is 127 cm³/mol. The van der Waals surface area contributed by atoms with Gasteiger partial charge in [-0.25, -0.2) is 4.39 Å². The summed E-state index contributed by atoms with van der Waals surface area (Å²) in [7, 11) is 5.82. The lowest BCUT2D eigenvalue weighted by Gasteiger charge is -2.37. The number of aromatic nitrogens is 2. The second kappa shape index (κ2) is 10.8. The number of hydrogen-bond acceptors (Lipinski definition) is 5. The molecule has 0 spiro atoms. The van der Waals surface area contributed by atoms with Crippen molar-refractivity contribution in [3.05, 3.63) is 83.3 Å². The average Bonchev–Trinajstić information content (AvgIpc) is 3.26. The van der Waals surface area contributed by atoms with Crippen molar-refractivity contribution in [3.63, 3.8) is 0 Å². The van der Waals surface area contributed by atoms with Crippen molar-refractivity contribution in [3.8, 4) is 5.75 Å². The molecule has 1 fully saturated rings. The van der Waals surface area contributed by atoms with E-state index in [2.05, 4.69) is 35.2 Å². The van der Waals surface area contributed by atoms with Crippen LogP contribution in [0.2, 0.25) is 0 Å². The number of methoxy groups -OCH3 is 1. The van der Waals surface area contributed by atoms with Crippen LogP contribution in [-0.4, -0.2) is 36.2 Å². The zero-order chi connectivity index (χ0) is 23.2. The van der Waals surface area contributed by atoms with Crippen molar-refractivity contribution >= 4 is 6.08 Å². The van der Waals surface area contributed by atoms with E-state index >= 15 is 0 Å². The molecule has 174 valence electrons. The quantitative estimate of drug-likeness (QED) is 0.427. The van der Waals surface area contributed by atoms with Crippen LogP contribution < -0.4 is 4.74 Å². The van der Waals surface area contributed by atoms with E-state index in [0.29, 0.717) is 30.0 Å². The summed E-state index contributed by atoms with van der Waals surface area (Å²) in [6.45, 7) is 0. The van der Waals surface area contributed by atoms with Crippen LogP contribution >= 0.6 is 0 Å². The fourth-order valence-electron chi connectivity index (χ4n) is 4.89. The fourth-order valence-corrected chi connectivity index (χ4v) is 4.89. The van der Waals surface area contributed by atoms with Crippen LogP contribution in [0, 0.1) is 17.7 Å². The Morgan fingerprint density at radius 1 is 1.12 bits per heavy atom. The van der Waals surface area contributed by atoms with Crippen molar-refractivity contribution in [1.82, 2.24) is 15.0 Å². The van der Waals surface area contributed by atoms with Gasteiger partial charge in [0.25, 0.3) is 0 Å². The van der Waals surface area contributed by atoms with Crippen LogP contribution in [-0.2, 0) is 6.42 Å². The molecule has 0 N–H and O–H groups in total. The maximum atomic E-state index is 13.8. The molecule has 1 aliphatic rings. The van der Waals surface area contributed by atoms with Gasteiger partial charge >= 0.3 is 0 Å². The summed E-state index contributed by atoms with van der Waals surface area (Å²) in [6.07, 6.45) is 9.21. The Hall–Kier alpha value is -2.99. The van der Waals surface area contributed by atoms with Gasteiger partial charge in [0.1, 0.15) is 11.6 Å². The number of halogens is 1. The molecule has 0 bridgehead atoms. The molecule has 1 saturated carbocycles. The largest absolute Gasteiger partial charge is 0.497 e. The van der Waals surface area contributed by atoms with E-state index < -0.39 is 0 Å². The highest BCUT2D eigenvalue weighted by atomic mass is 19.1. The number of benzene rings is 2. The third-order valence-electron chi connectivity index (χ3n) is 6.53. The third-order valence-corrected chi connectivity index (χ3v) is 6.53. The first-order valence-corrected chi connectivity index (χ1v) is 11.6. The molecule has 5 nitrogen and oxygen atoms in total. The molecule has 0 saturated heterocycles. The van der Waals surface area contributed by atoms with Crippen LogP contribution in [0.4, 0.5) is 4.39 Å². The van der Waals surface area contributed by atoms with Crippen molar-refractivity contribution in [2.45, 2.75) is 38.1 Å². The normalized spacial score (nSPS) is 19.8. The lowest BCUT2D eigenvalue weighted by atomic mass is 9.76. The second-order valence-corrected chi connectivity index (χ2v) is 9.07. The van der Waals surface area contributed by atoms with Crippen LogP contribution in [0.1, 0.15) is 54.6 Å². The predicted octanol–water partition coefficient (Wildman–Crippen LogP) is 5.93. The van der Waals surface area contributed by atoms with Crippen LogP contribution in [0.3, 0.4) is 0 Å². The maximum Gasteiger partial charge on any atom is 0.250 e. The first-order valence-electron chi connectivity index (χ1n) is 11.6. The summed E-state index contributed by atoms with van der Waals surface area (Å²) in [5.74, 6) is 2.90. The van der Waals surface area contributed by atoms with Crippen molar-refractivity contribution in [2.75, 3.05) is 21.2 Å². The van der Waals surface area contributed by atoms with Crippen LogP contribution in [0.5, 0.6) is 5.75 Å². The van der Waals surface area contributed by atoms with E-state index in [-0.39, 0.29) is 11.9 Å².